The number of nitrogens with one attached hydrogen (secondary N) is 1. The molecule has 6 nitrogen and oxygen atoms in total. The normalized spacial score (nSPS) is 25.3. The number of carbonyl (C=O) groups is 2. The molecule has 1 saturated carbocycles. The van der Waals surface area contributed by atoms with Crippen LogP contribution in [-0.2, 0) is 16.1 Å². The molecule has 1 atom stereocenters. The standard InChI is InChI=1S/C23H33N3O3/c1-29-20-9-3-2-8-19(20)14-24-21(27)16-25-13-11-23(17-25)10-5-12-26(22(23)28)15-18-6-4-7-18/h2-3,8-9,18H,4-7,10-17H2,1H3,(H,24,27)/t23-/m0/s1. The Kier molecular flexibility index (Phi) is 6.09. The molecule has 4 rings (SSSR count). The molecule has 3 aliphatic rings. The Morgan fingerprint density at radius 3 is 2.79 bits per heavy atom. The van der Waals surface area contributed by atoms with Crippen LogP contribution in [0.5, 0.6) is 5.75 Å². The number of likely N-dealkylation sites (tertiary alicyclic amines) is 2. The van der Waals surface area contributed by atoms with Crippen molar-refractivity contribution in [2.45, 2.75) is 45.1 Å². The molecule has 6 heteroatoms. The van der Waals surface area contributed by atoms with Gasteiger partial charge in [-0.05, 0) is 50.6 Å². The SMILES string of the molecule is COc1ccccc1CNC(=O)CN1CC[C@@]2(CCCN(CC3CCC3)C2=O)C1. The van der Waals surface area contributed by atoms with E-state index in [-0.39, 0.29) is 11.3 Å². The molecule has 1 aliphatic carbocycles. The van der Waals surface area contributed by atoms with Gasteiger partial charge in [0.1, 0.15) is 5.75 Å². The Morgan fingerprint density at radius 2 is 2.03 bits per heavy atom. The Hall–Kier alpha value is -2.08. The van der Waals surface area contributed by atoms with Crippen LogP contribution in [0, 0.1) is 11.3 Å². The number of hydrogen-bond donors (Lipinski definition) is 1. The van der Waals surface area contributed by atoms with Crippen LogP contribution in [0.2, 0.25) is 0 Å². The van der Waals surface area contributed by atoms with E-state index in [2.05, 4.69) is 15.1 Å². The van der Waals surface area contributed by atoms with Crippen LogP contribution in [0.4, 0.5) is 0 Å². The van der Waals surface area contributed by atoms with Crippen molar-refractivity contribution < 1.29 is 14.3 Å². The molecule has 1 aromatic carbocycles. The highest BCUT2D eigenvalue weighted by Crippen LogP contribution is 2.41. The van der Waals surface area contributed by atoms with Gasteiger partial charge in [-0.15, -0.1) is 0 Å². The molecular weight excluding hydrogens is 366 g/mol. The Labute approximate surface area is 173 Å². The quantitative estimate of drug-likeness (QED) is 0.765. The van der Waals surface area contributed by atoms with E-state index in [1.54, 1.807) is 7.11 Å². The van der Waals surface area contributed by atoms with Crippen molar-refractivity contribution in [1.82, 2.24) is 15.1 Å². The maximum absolute atomic E-state index is 13.2. The summed E-state index contributed by atoms with van der Waals surface area (Å²) in [4.78, 5) is 30.0. The van der Waals surface area contributed by atoms with E-state index < -0.39 is 0 Å². The number of rotatable bonds is 7. The van der Waals surface area contributed by atoms with Gasteiger partial charge >= 0.3 is 0 Å². The lowest BCUT2D eigenvalue weighted by Gasteiger charge is -2.42. The summed E-state index contributed by atoms with van der Waals surface area (Å²) in [7, 11) is 1.64. The molecule has 158 valence electrons. The molecule has 0 bridgehead atoms. The van der Waals surface area contributed by atoms with Crippen LogP contribution < -0.4 is 10.1 Å². The lowest BCUT2D eigenvalue weighted by molar-refractivity contribution is -0.147. The Bertz CT molecular complexity index is 749. The van der Waals surface area contributed by atoms with Crippen molar-refractivity contribution in [3.8, 4) is 5.75 Å². The van der Waals surface area contributed by atoms with Gasteiger partial charge in [-0.25, -0.2) is 0 Å². The fraction of sp³-hybridized carbons (Fsp3) is 0.652. The molecule has 2 amide bonds. The number of benzene rings is 1. The Balaban J connectivity index is 1.28. The summed E-state index contributed by atoms with van der Waals surface area (Å²) in [5.74, 6) is 1.84. The van der Waals surface area contributed by atoms with Crippen molar-refractivity contribution in [3.63, 3.8) is 0 Å². The first-order chi connectivity index (χ1) is 14.1. The number of para-hydroxylation sites is 1. The third-order valence-corrected chi connectivity index (χ3v) is 7.00. The third kappa shape index (κ3) is 4.42. The van der Waals surface area contributed by atoms with Crippen LogP contribution in [0.1, 0.15) is 44.1 Å². The second-order valence-electron chi connectivity index (χ2n) is 8.98. The summed E-state index contributed by atoms with van der Waals surface area (Å²) in [5.41, 5.74) is 0.709. The molecule has 0 aromatic heterocycles. The minimum Gasteiger partial charge on any atom is -0.496 e. The van der Waals surface area contributed by atoms with Crippen LogP contribution in [-0.4, -0.2) is 61.4 Å². The molecular formula is C23H33N3O3. The smallest absolute Gasteiger partial charge is 0.234 e. The molecule has 2 heterocycles. The second kappa shape index (κ2) is 8.74. The molecule has 2 saturated heterocycles. The first kappa shape index (κ1) is 20.2. The first-order valence-electron chi connectivity index (χ1n) is 11.0. The summed E-state index contributed by atoms with van der Waals surface area (Å²) in [5, 5.41) is 3.00. The van der Waals surface area contributed by atoms with Crippen molar-refractivity contribution in [1.29, 1.82) is 0 Å². The average molecular weight is 400 g/mol. The van der Waals surface area contributed by atoms with E-state index in [9.17, 15) is 9.59 Å². The zero-order chi connectivity index (χ0) is 20.3. The molecule has 3 fully saturated rings. The van der Waals surface area contributed by atoms with E-state index in [1.165, 1.54) is 19.3 Å². The third-order valence-electron chi connectivity index (χ3n) is 7.00. The average Bonchev–Trinajstić information content (AvgIpc) is 3.09. The predicted molar refractivity (Wildman–Crippen MR) is 111 cm³/mol. The Morgan fingerprint density at radius 1 is 1.21 bits per heavy atom. The molecule has 0 unspecified atom stereocenters. The molecule has 29 heavy (non-hydrogen) atoms. The summed E-state index contributed by atoms with van der Waals surface area (Å²) >= 11 is 0. The number of ether oxygens (including phenoxy) is 1. The van der Waals surface area contributed by atoms with Gasteiger partial charge in [-0.1, -0.05) is 24.6 Å². The number of methoxy groups -OCH3 is 1. The minimum absolute atomic E-state index is 0.00235. The van der Waals surface area contributed by atoms with Crippen LogP contribution in [0.15, 0.2) is 24.3 Å². The first-order valence-corrected chi connectivity index (χ1v) is 11.0. The van der Waals surface area contributed by atoms with Crippen molar-refractivity contribution in [3.05, 3.63) is 29.8 Å². The summed E-state index contributed by atoms with van der Waals surface area (Å²) in [6, 6.07) is 7.72. The van der Waals surface area contributed by atoms with Gasteiger partial charge in [-0.2, -0.15) is 0 Å². The fourth-order valence-corrected chi connectivity index (χ4v) is 5.09. The number of nitrogens with zero attached hydrogens (tertiary/aromatic N) is 2. The van der Waals surface area contributed by atoms with E-state index in [1.807, 2.05) is 24.3 Å². The second-order valence-corrected chi connectivity index (χ2v) is 8.98. The lowest BCUT2D eigenvalue weighted by atomic mass is 9.77. The number of hydrogen-bond acceptors (Lipinski definition) is 4. The zero-order valence-electron chi connectivity index (χ0n) is 17.5. The van der Waals surface area contributed by atoms with Gasteiger partial charge in [0.05, 0.1) is 19.1 Å². The maximum atomic E-state index is 13.2. The van der Waals surface area contributed by atoms with Crippen LogP contribution >= 0.6 is 0 Å². The highest BCUT2D eigenvalue weighted by Gasteiger charge is 2.48. The molecule has 0 radical (unpaired) electrons. The zero-order valence-corrected chi connectivity index (χ0v) is 17.5. The van der Waals surface area contributed by atoms with E-state index >= 15 is 0 Å². The van der Waals surface area contributed by atoms with E-state index in [0.29, 0.717) is 24.9 Å². The topological polar surface area (TPSA) is 61.9 Å². The van der Waals surface area contributed by atoms with Gasteiger partial charge in [0.15, 0.2) is 0 Å². The molecule has 2 aliphatic heterocycles. The summed E-state index contributed by atoms with van der Waals surface area (Å²) < 4.78 is 5.34. The van der Waals surface area contributed by atoms with Gasteiger partial charge in [-0.3, -0.25) is 14.5 Å². The maximum Gasteiger partial charge on any atom is 0.234 e. The lowest BCUT2D eigenvalue weighted by Crippen LogP contribution is -2.52. The molecule has 1 spiro atoms. The molecule has 1 N–H and O–H groups in total. The van der Waals surface area contributed by atoms with Crippen molar-refractivity contribution in [2.75, 3.05) is 39.8 Å². The fourth-order valence-electron chi connectivity index (χ4n) is 5.09. The summed E-state index contributed by atoms with van der Waals surface area (Å²) in [6.45, 7) is 4.21. The van der Waals surface area contributed by atoms with Gasteiger partial charge in [0.2, 0.25) is 11.8 Å². The van der Waals surface area contributed by atoms with E-state index in [4.69, 9.17) is 4.74 Å². The predicted octanol–water partition coefficient (Wildman–Crippen LogP) is 2.43. The van der Waals surface area contributed by atoms with E-state index in [0.717, 1.165) is 56.8 Å². The number of amides is 2. The largest absolute Gasteiger partial charge is 0.496 e. The monoisotopic (exact) mass is 399 g/mol. The van der Waals surface area contributed by atoms with Crippen molar-refractivity contribution in [2.24, 2.45) is 11.3 Å². The van der Waals surface area contributed by atoms with Gasteiger partial charge in [0.25, 0.3) is 0 Å². The number of carbonyl (C=O) groups excluding carboxylic acids is 2. The highest BCUT2D eigenvalue weighted by atomic mass is 16.5. The van der Waals surface area contributed by atoms with Gasteiger partial charge < -0.3 is 15.0 Å². The van der Waals surface area contributed by atoms with Crippen molar-refractivity contribution >= 4 is 11.8 Å². The number of piperidine rings is 1. The highest BCUT2D eigenvalue weighted by molar-refractivity contribution is 5.84. The van der Waals surface area contributed by atoms with Crippen LogP contribution in [0.3, 0.4) is 0 Å². The van der Waals surface area contributed by atoms with Gasteiger partial charge in [0, 0.05) is 31.7 Å². The van der Waals surface area contributed by atoms with Crippen LogP contribution in [0.25, 0.3) is 0 Å². The minimum atomic E-state index is -0.259. The summed E-state index contributed by atoms with van der Waals surface area (Å²) in [6.07, 6.45) is 6.80. The molecule has 1 aromatic rings.